The van der Waals surface area contributed by atoms with Crippen LogP contribution in [-0.2, 0) is 22.4 Å². The molecule has 0 radical (unpaired) electrons. The van der Waals surface area contributed by atoms with E-state index in [9.17, 15) is 4.79 Å². The largest absolute Gasteiger partial charge is 0.425 e. The van der Waals surface area contributed by atoms with Gasteiger partial charge in [0.1, 0.15) is 0 Å². The summed E-state index contributed by atoms with van der Waals surface area (Å²) in [7, 11) is 0. The van der Waals surface area contributed by atoms with Crippen LogP contribution in [0.5, 0.6) is 0 Å². The van der Waals surface area contributed by atoms with Gasteiger partial charge >= 0.3 is 5.91 Å². The first-order chi connectivity index (χ1) is 11.2. The molecule has 3 aliphatic rings. The number of rotatable bonds is 2. The van der Waals surface area contributed by atoms with Gasteiger partial charge in [-0.05, 0) is 72.8 Å². The first-order valence-electron chi connectivity index (χ1n) is 7.98. The lowest BCUT2D eigenvalue weighted by molar-refractivity contribution is -0.121. The Hall–Kier alpha value is -2.14. The number of ether oxygens (including phenoxy) is 1. The number of benzene rings is 1. The fourth-order valence-corrected chi connectivity index (χ4v) is 3.95. The normalized spacial score (nSPS) is 21.5. The zero-order valence-corrected chi connectivity index (χ0v) is 13.7. The number of carbonyl (C=O) groups excluding carboxylic acids is 1. The molecule has 118 valence electrons. The molecule has 0 bridgehead atoms. The van der Waals surface area contributed by atoms with Crippen molar-refractivity contribution in [3.63, 3.8) is 0 Å². The maximum Gasteiger partial charge on any atom is 0.301 e. The lowest BCUT2D eigenvalue weighted by Crippen LogP contribution is -2.34. The second kappa shape index (κ2) is 5.49. The van der Waals surface area contributed by atoms with E-state index in [-0.39, 0.29) is 16.8 Å². The third kappa shape index (κ3) is 2.36. The molecule has 0 atom stereocenters. The number of nitrogens with zero attached hydrogens (tertiary/aromatic N) is 2. The molecule has 23 heavy (non-hydrogen) atoms. The quantitative estimate of drug-likeness (QED) is 0.618. The molecule has 4 nitrogen and oxygen atoms in total. The highest BCUT2D eigenvalue weighted by Crippen LogP contribution is 2.36. The van der Waals surface area contributed by atoms with E-state index in [2.05, 4.69) is 23.6 Å². The maximum absolute atomic E-state index is 12.2. The predicted octanol–water partition coefficient (Wildman–Crippen LogP) is 3.01. The highest BCUT2D eigenvalue weighted by molar-refractivity contribution is 7.80. The van der Waals surface area contributed by atoms with Crippen LogP contribution in [0.25, 0.3) is 6.08 Å². The molecule has 0 aromatic heterocycles. The minimum Gasteiger partial charge on any atom is -0.425 e. The first-order valence-corrected chi connectivity index (χ1v) is 8.38. The molecule has 0 spiro atoms. The first kappa shape index (κ1) is 14.5. The van der Waals surface area contributed by atoms with Gasteiger partial charge in [0.25, 0.3) is 5.17 Å². The monoisotopic (exact) mass is 326 g/mol. The SMILES string of the molecule is C=CN1C(=O)/C(=C\c2cc3c4c(c2)CCCN4CCC3)OC1=S. The van der Waals surface area contributed by atoms with E-state index >= 15 is 0 Å². The van der Waals surface area contributed by atoms with Gasteiger partial charge in [0, 0.05) is 25.0 Å². The predicted molar refractivity (Wildman–Crippen MR) is 94.0 cm³/mol. The number of hydrogen-bond donors (Lipinski definition) is 0. The van der Waals surface area contributed by atoms with Crippen molar-refractivity contribution < 1.29 is 9.53 Å². The molecule has 1 saturated heterocycles. The summed E-state index contributed by atoms with van der Waals surface area (Å²) in [5, 5.41) is 0.140. The summed E-state index contributed by atoms with van der Waals surface area (Å²) in [5.74, 6) is 0.0171. The number of carbonyl (C=O) groups is 1. The lowest BCUT2D eigenvalue weighted by atomic mass is 9.90. The number of aryl methyl sites for hydroxylation is 2. The van der Waals surface area contributed by atoms with Crippen molar-refractivity contribution in [2.24, 2.45) is 0 Å². The summed E-state index contributed by atoms with van der Waals surface area (Å²) in [6.07, 6.45) is 7.76. The van der Waals surface area contributed by atoms with Crippen LogP contribution in [0.2, 0.25) is 0 Å². The Morgan fingerprint density at radius 1 is 1.17 bits per heavy atom. The van der Waals surface area contributed by atoms with Gasteiger partial charge < -0.3 is 9.64 Å². The molecule has 5 heteroatoms. The van der Waals surface area contributed by atoms with Crippen LogP contribution in [0.1, 0.15) is 29.5 Å². The van der Waals surface area contributed by atoms with Gasteiger partial charge in [-0.2, -0.15) is 0 Å². The molecule has 3 aliphatic heterocycles. The summed E-state index contributed by atoms with van der Waals surface area (Å²) >= 11 is 5.04. The molecule has 0 N–H and O–H groups in total. The van der Waals surface area contributed by atoms with Crippen LogP contribution in [0, 0.1) is 0 Å². The van der Waals surface area contributed by atoms with Crippen LogP contribution in [0.15, 0.2) is 30.7 Å². The topological polar surface area (TPSA) is 32.8 Å². The van der Waals surface area contributed by atoms with Gasteiger partial charge in [-0.15, -0.1) is 0 Å². The van der Waals surface area contributed by atoms with Gasteiger partial charge in [-0.1, -0.05) is 6.58 Å². The molecule has 0 saturated carbocycles. The minimum absolute atomic E-state index is 0.140. The molecule has 0 aliphatic carbocycles. The standard InChI is InChI=1S/C18H18N2O2S/c1-2-20-17(21)15(22-18(20)23)11-12-9-13-5-3-7-19-8-4-6-14(10-12)16(13)19/h2,9-11H,1,3-8H2/b15-11+. The van der Waals surface area contributed by atoms with Crippen molar-refractivity contribution in [3.8, 4) is 0 Å². The summed E-state index contributed by atoms with van der Waals surface area (Å²) < 4.78 is 5.42. The van der Waals surface area contributed by atoms with E-state index in [0.717, 1.165) is 31.5 Å². The van der Waals surface area contributed by atoms with Gasteiger partial charge in [0.2, 0.25) is 0 Å². The number of anilines is 1. The van der Waals surface area contributed by atoms with Crippen molar-refractivity contribution >= 4 is 35.1 Å². The van der Waals surface area contributed by atoms with Gasteiger partial charge in [0.15, 0.2) is 5.76 Å². The highest BCUT2D eigenvalue weighted by Gasteiger charge is 2.32. The van der Waals surface area contributed by atoms with E-state index in [1.165, 1.54) is 40.8 Å². The Morgan fingerprint density at radius 3 is 2.39 bits per heavy atom. The molecule has 1 amide bonds. The second-order valence-electron chi connectivity index (χ2n) is 6.12. The Morgan fingerprint density at radius 2 is 1.83 bits per heavy atom. The number of amides is 1. The van der Waals surface area contributed by atoms with Gasteiger partial charge in [-0.25, -0.2) is 4.90 Å². The van der Waals surface area contributed by atoms with Crippen LogP contribution >= 0.6 is 12.2 Å². The molecular formula is C18H18N2O2S. The molecule has 0 unspecified atom stereocenters. The molecule has 1 fully saturated rings. The van der Waals surface area contributed by atoms with Crippen molar-refractivity contribution in [1.29, 1.82) is 0 Å². The van der Waals surface area contributed by atoms with Crippen molar-refractivity contribution in [2.75, 3.05) is 18.0 Å². The Labute approximate surface area is 141 Å². The van der Waals surface area contributed by atoms with E-state index < -0.39 is 0 Å². The Balaban J connectivity index is 1.74. The molecule has 4 rings (SSSR count). The minimum atomic E-state index is -0.252. The highest BCUT2D eigenvalue weighted by atomic mass is 32.1. The van der Waals surface area contributed by atoms with Gasteiger partial charge in [0.05, 0.1) is 0 Å². The van der Waals surface area contributed by atoms with E-state index in [1.807, 2.05) is 0 Å². The van der Waals surface area contributed by atoms with Crippen LogP contribution in [0.3, 0.4) is 0 Å². The average Bonchev–Trinajstić information content (AvgIpc) is 2.81. The smallest absolute Gasteiger partial charge is 0.301 e. The van der Waals surface area contributed by atoms with Crippen LogP contribution < -0.4 is 4.90 Å². The van der Waals surface area contributed by atoms with E-state index in [0.29, 0.717) is 0 Å². The number of thiocarbonyl (C=S) groups is 1. The fourth-order valence-electron chi connectivity index (χ4n) is 3.70. The Bertz CT molecular complexity index is 722. The third-order valence-corrected chi connectivity index (χ3v) is 4.94. The van der Waals surface area contributed by atoms with Gasteiger partial charge in [-0.3, -0.25) is 4.79 Å². The van der Waals surface area contributed by atoms with Crippen LogP contribution in [-0.4, -0.2) is 29.1 Å². The third-order valence-electron chi connectivity index (χ3n) is 4.66. The summed E-state index contributed by atoms with van der Waals surface area (Å²) in [4.78, 5) is 16.0. The zero-order valence-electron chi connectivity index (χ0n) is 12.9. The van der Waals surface area contributed by atoms with Crippen molar-refractivity contribution in [2.45, 2.75) is 25.7 Å². The van der Waals surface area contributed by atoms with Crippen molar-refractivity contribution in [3.05, 3.63) is 47.4 Å². The maximum atomic E-state index is 12.2. The second-order valence-corrected chi connectivity index (χ2v) is 6.47. The zero-order chi connectivity index (χ0) is 16.0. The molecule has 1 aromatic rings. The fraction of sp³-hybridized carbons (Fsp3) is 0.333. The number of hydrogen-bond acceptors (Lipinski definition) is 4. The molecule has 3 heterocycles. The van der Waals surface area contributed by atoms with E-state index in [1.54, 1.807) is 6.08 Å². The summed E-state index contributed by atoms with van der Waals surface area (Å²) in [6, 6.07) is 4.36. The molecular weight excluding hydrogens is 308 g/mol. The van der Waals surface area contributed by atoms with Crippen molar-refractivity contribution in [1.82, 2.24) is 4.90 Å². The Kier molecular flexibility index (Phi) is 3.45. The van der Waals surface area contributed by atoms with Crippen LogP contribution in [0.4, 0.5) is 5.69 Å². The summed E-state index contributed by atoms with van der Waals surface area (Å²) in [6.45, 7) is 5.91. The average molecular weight is 326 g/mol. The van der Waals surface area contributed by atoms with E-state index in [4.69, 9.17) is 17.0 Å². The molecule has 1 aromatic carbocycles. The lowest BCUT2D eigenvalue weighted by Gasteiger charge is -2.37. The summed E-state index contributed by atoms with van der Waals surface area (Å²) in [5.41, 5.74) is 5.20.